The van der Waals surface area contributed by atoms with Gasteiger partial charge in [-0.3, -0.25) is 0 Å². The van der Waals surface area contributed by atoms with Crippen LogP contribution >= 0.6 is 15.9 Å². The molecule has 0 unspecified atom stereocenters. The molecule has 0 bridgehead atoms. The molecule has 0 spiro atoms. The first-order chi connectivity index (χ1) is 44.1. The summed E-state index contributed by atoms with van der Waals surface area (Å²) in [5.74, 6) is 0. The van der Waals surface area contributed by atoms with Gasteiger partial charge in [0.05, 0.1) is 33.1 Å². The molecule has 0 aliphatic heterocycles. The predicted molar refractivity (Wildman–Crippen MR) is 381 cm³/mol. The van der Waals surface area contributed by atoms with Gasteiger partial charge in [0.25, 0.3) is 0 Å². The Bertz CT molecular complexity index is 5620. The van der Waals surface area contributed by atoms with Crippen molar-refractivity contribution in [1.29, 1.82) is 0 Å². The minimum absolute atomic E-state index is 1.12. The number of halogens is 1. The van der Waals surface area contributed by atoms with Gasteiger partial charge in [0.15, 0.2) is 0 Å². The maximum absolute atomic E-state index is 3.53. The fourth-order valence-corrected chi connectivity index (χ4v) is 13.6. The average Bonchev–Trinajstić information content (AvgIpc) is 3.65. The molecule has 89 heavy (non-hydrogen) atoms. The van der Waals surface area contributed by atoms with Crippen LogP contribution in [-0.2, 0) is 0 Å². The number of rotatable bonds is 7. The van der Waals surface area contributed by atoms with Gasteiger partial charge in [-0.15, -0.1) is 0 Å². The maximum atomic E-state index is 3.53. The SMILES string of the molecule is Brc1cccc(-c2ccccc2)c1.c1ccc(-c2cccc(-n3c4ccccc4c4cc(-c5ccc6c(c5)c5ccccc5n6-c5ccccc5)ccc43)c2)cc1.c1ccc(-n2c3ccccc3c3cc(-c4ccc5[nH]c6ccccc6c5c4)ccc32)cc1. The second kappa shape index (κ2) is 22.9. The van der Waals surface area contributed by atoms with Crippen LogP contribution in [0.2, 0.25) is 0 Å². The van der Waals surface area contributed by atoms with Gasteiger partial charge in [0.1, 0.15) is 0 Å². The van der Waals surface area contributed by atoms with Crippen LogP contribution in [-0.4, -0.2) is 18.7 Å². The lowest BCUT2D eigenvalue weighted by atomic mass is 10.0. The number of hydrogen-bond acceptors (Lipinski definition) is 0. The van der Waals surface area contributed by atoms with Crippen molar-refractivity contribution in [2.75, 3.05) is 0 Å². The summed E-state index contributed by atoms with van der Waals surface area (Å²) < 4.78 is 8.25. The lowest BCUT2D eigenvalue weighted by molar-refractivity contribution is 1.18. The van der Waals surface area contributed by atoms with Gasteiger partial charge in [-0.1, -0.05) is 234 Å². The smallest absolute Gasteiger partial charge is 0.0541 e. The third-order valence-electron chi connectivity index (χ3n) is 17.4. The van der Waals surface area contributed by atoms with Crippen LogP contribution in [0, 0.1) is 0 Å². The van der Waals surface area contributed by atoms with Crippen LogP contribution in [0.1, 0.15) is 0 Å². The van der Waals surface area contributed by atoms with Crippen LogP contribution in [0.5, 0.6) is 0 Å². The van der Waals surface area contributed by atoms with Crippen LogP contribution in [0.25, 0.3) is 149 Å². The highest BCUT2D eigenvalue weighted by Gasteiger charge is 2.18. The monoisotopic (exact) mass is 1200 g/mol. The van der Waals surface area contributed by atoms with E-state index < -0.39 is 0 Å². The molecule has 0 saturated heterocycles. The lowest BCUT2D eigenvalue weighted by Gasteiger charge is -2.11. The first-order valence-corrected chi connectivity index (χ1v) is 31.0. The molecule has 14 aromatic carbocycles. The number of aromatic nitrogens is 4. The van der Waals surface area contributed by atoms with Crippen molar-refractivity contribution in [3.8, 4) is 61.6 Å². The number of fused-ring (bicyclic) bond motifs is 12. The van der Waals surface area contributed by atoms with E-state index in [1.54, 1.807) is 0 Å². The second-order valence-electron chi connectivity index (χ2n) is 22.6. The molecule has 0 aliphatic rings. The highest BCUT2D eigenvalue weighted by atomic mass is 79.9. The molecule has 0 amide bonds. The molecule has 0 radical (unpaired) electrons. The van der Waals surface area contributed by atoms with Crippen molar-refractivity contribution in [3.05, 3.63) is 344 Å². The number of para-hydroxylation sites is 6. The zero-order valence-corrected chi connectivity index (χ0v) is 50.1. The molecule has 0 atom stereocenters. The minimum Gasteiger partial charge on any atom is -0.355 e. The molecule has 18 aromatic rings. The zero-order chi connectivity index (χ0) is 59.2. The number of nitrogens with zero attached hydrogens (tertiary/aromatic N) is 3. The van der Waals surface area contributed by atoms with Crippen molar-refractivity contribution < 1.29 is 0 Å². The molecular weight excluding hydrogens is 1140 g/mol. The van der Waals surface area contributed by atoms with Crippen molar-refractivity contribution in [1.82, 2.24) is 18.7 Å². The van der Waals surface area contributed by atoms with E-state index in [0.717, 1.165) is 4.47 Å². The quantitative estimate of drug-likeness (QED) is 0.165. The Balaban J connectivity index is 0.000000123. The van der Waals surface area contributed by atoms with E-state index in [9.17, 15) is 0 Å². The summed E-state index contributed by atoms with van der Waals surface area (Å²) in [6.45, 7) is 0. The Morgan fingerprint density at radius 2 is 0.506 bits per heavy atom. The summed E-state index contributed by atoms with van der Waals surface area (Å²) >= 11 is 3.46. The number of aromatic amines is 1. The van der Waals surface area contributed by atoms with Crippen LogP contribution < -0.4 is 0 Å². The van der Waals surface area contributed by atoms with Crippen molar-refractivity contribution in [3.63, 3.8) is 0 Å². The van der Waals surface area contributed by atoms with Gasteiger partial charge >= 0.3 is 0 Å². The van der Waals surface area contributed by atoms with E-state index >= 15 is 0 Å². The topological polar surface area (TPSA) is 30.6 Å². The van der Waals surface area contributed by atoms with E-state index in [0.29, 0.717) is 0 Å². The van der Waals surface area contributed by atoms with Gasteiger partial charge < -0.3 is 18.7 Å². The Morgan fingerprint density at radius 3 is 0.978 bits per heavy atom. The summed E-state index contributed by atoms with van der Waals surface area (Å²) in [6, 6.07) is 121. The predicted octanol–water partition coefficient (Wildman–Crippen LogP) is 23.4. The number of benzene rings is 14. The van der Waals surface area contributed by atoms with Crippen LogP contribution in [0.4, 0.5) is 0 Å². The van der Waals surface area contributed by atoms with Gasteiger partial charge in [-0.25, -0.2) is 0 Å². The number of nitrogens with one attached hydrogen (secondary N) is 1. The summed E-state index contributed by atoms with van der Waals surface area (Å²) in [4.78, 5) is 3.53. The van der Waals surface area contributed by atoms with E-state index in [4.69, 9.17) is 0 Å². The van der Waals surface area contributed by atoms with Gasteiger partial charge in [0.2, 0.25) is 0 Å². The zero-order valence-electron chi connectivity index (χ0n) is 48.6. The highest BCUT2D eigenvalue weighted by molar-refractivity contribution is 9.10. The van der Waals surface area contributed by atoms with E-state index in [2.05, 4.69) is 356 Å². The summed E-state index contributed by atoms with van der Waals surface area (Å²) in [6.07, 6.45) is 0. The molecule has 4 heterocycles. The fourth-order valence-electron chi connectivity index (χ4n) is 13.2. The Hall–Kier alpha value is -11.2. The average molecular weight is 1200 g/mol. The van der Waals surface area contributed by atoms with Crippen LogP contribution in [0.15, 0.2) is 344 Å². The third kappa shape index (κ3) is 9.84. The summed E-state index contributed by atoms with van der Waals surface area (Å²) in [5.41, 5.74) is 23.1. The molecule has 1 N–H and O–H groups in total. The van der Waals surface area contributed by atoms with Crippen molar-refractivity contribution in [2.24, 2.45) is 0 Å². The van der Waals surface area contributed by atoms with E-state index in [1.165, 1.54) is 149 Å². The van der Waals surface area contributed by atoms with E-state index in [-0.39, 0.29) is 0 Å². The van der Waals surface area contributed by atoms with Crippen molar-refractivity contribution >= 4 is 103 Å². The molecule has 0 fully saturated rings. The molecule has 5 heteroatoms. The Labute approximate surface area is 524 Å². The van der Waals surface area contributed by atoms with Crippen LogP contribution in [0.3, 0.4) is 0 Å². The second-order valence-corrected chi connectivity index (χ2v) is 23.6. The summed E-state index contributed by atoms with van der Waals surface area (Å²) in [5, 5.41) is 10.1. The number of hydrogen-bond donors (Lipinski definition) is 1. The first kappa shape index (κ1) is 53.2. The maximum Gasteiger partial charge on any atom is 0.0541 e. The van der Waals surface area contributed by atoms with Gasteiger partial charge in [0, 0.05) is 75.7 Å². The number of H-pyrrole nitrogens is 1. The lowest BCUT2D eigenvalue weighted by Crippen LogP contribution is -1.94. The fraction of sp³-hybridized carbons (Fsp3) is 0. The molecule has 0 saturated carbocycles. The third-order valence-corrected chi connectivity index (χ3v) is 17.9. The molecule has 0 aliphatic carbocycles. The highest BCUT2D eigenvalue weighted by Crippen LogP contribution is 2.40. The normalized spacial score (nSPS) is 11.4. The Kier molecular flexibility index (Phi) is 13.7. The van der Waals surface area contributed by atoms with Gasteiger partial charge in [-0.2, -0.15) is 0 Å². The van der Waals surface area contributed by atoms with E-state index in [1.807, 2.05) is 18.2 Å². The molecular formula is C84H57BrN4. The molecule has 18 rings (SSSR count). The van der Waals surface area contributed by atoms with Gasteiger partial charge in [-0.05, 0) is 166 Å². The molecule has 4 nitrogen and oxygen atoms in total. The summed E-state index contributed by atoms with van der Waals surface area (Å²) in [7, 11) is 0. The largest absolute Gasteiger partial charge is 0.355 e. The standard InChI is InChI=1S/C42H28N2.C30H20N2.C12H9Br/c1-3-12-29(13-4-1)30-14-11-17-34(26-30)44-40-21-10-8-19-36(40)38-28-32(23-25-42(38)44)31-22-24-41-37(27-31)35-18-7-9-20-39(35)43(41)33-15-5-2-6-16-33;1-2-8-22(9-3-1)32-29-13-7-5-11-24(29)26-19-21(15-17-30(26)32)20-14-16-28-25(18-20)23-10-4-6-12-27(23)31-28;13-12-8-4-7-11(9-12)10-5-2-1-3-6-10/h1-28H;1-19,31H;1-9H. The first-order valence-electron chi connectivity index (χ1n) is 30.2. The minimum atomic E-state index is 1.12. The Morgan fingerprint density at radius 1 is 0.191 bits per heavy atom. The molecule has 4 aromatic heterocycles. The van der Waals surface area contributed by atoms with Crippen molar-refractivity contribution in [2.45, 2.75) is 0 Å². The molecule has 420 valence electrons.